The van der Waals surface area contributed by atoms with Crippen molar-refractivity contribution in [1.29, 1.82) is 0 Å². The molecule has 18 heavy (non-hydrogen) atoms. The molecule has 2 aromatic rings. The maximum absolute atomic E-state index is 11.6. The lowest BCUT2D eigenvalue weighted by Crippen LogP contribution is -1.99. The molecule has 0 spiro atoms. The summed E-state index contributed by atoms with van der Waals surface area (Å²) >= 11 is 12.5. The molecule has 2 nitrogen and oxygen atoms in total. The molecule has 0 bridgehead atoms. The molecular formula is C13H8Cl2O2S. The molecule has 0 saturated carbocycles. The van der Waals surface area contributed by atoms with E-state index in [1.54, 1.807) is 48.5 Å². The number of benzene rings is 2. The summed E-state index contributed by atoms with van der Waals surface area (Å²) in [4.78, 5) is 12.4. The Morgan fingerprint density at radius 2 is 1.39 bits per heavy atom. The lowest BCUT2D eigenvalue weighted by Gasteiger charge is -2.03. The predicted molar refractivity (Wildman–Crippen MR) is 74.8 cm³/mol. The molecule has 0 fully saturated rings. The second-order valence-electron chi connectivity index (χ2n) is 3.36. The zero-order valence-electron chi connectivity index (χ0n) is 9.10. The van der Waals surface area contributed by atoms with Crippen molar-refractivity contribution in [1.82, 2.24) is 0 Å². The van der Waals surface area contributed by atoms with E-state index in [2.05, 4.69) is 0 Å². The average Bonchev–Trinajstić information content (AvgIpc) is 2.35. The van der Waals surface area contributed by atoms with Gasteiger partial charge >= 0.3 is 5.30 Å². The fourth-order valence-electron chi connectivity index (χ4n) is 1.22. The summed E-state index contributed by atoms with van der Waals surface area (Å²) in [5, 5.41) is 0.824. The molecule has 2 aromatic carbocycles. The van der Waals surface area contributed by atoms with Gasteiger partial charge in [0.2, 0.25) is 0 Å². The van der Waals surface area contributed by atoms with E-state index in [-0.39, 0.29) is 0 Å². The zero-order chi connectivity index (χ0) is 13.0. The molecule has 0 aliphatic rings. The summed E-state index contributed by atoms with van der Waals surface area (Å²) in [7, 11) is 0. The minimum Gasteiger partial charge on any atom is -0.418 e. The first-order chi connectivity index (χ1) is 8.63. The molecule has 5 heteroatoms. The van der Waals surface area contributed by atoms with Crippen molar-refractivity contribution in [3.05, 3.63) is 58.6 Å². The fraction of sp³-hybridized carbons (Fsp3) is 0. The van der Waals surface area contributed by atoms with Crippen molar-refractivity contribution in [3.63, 3.8) is 0 Å². The SMILES string of the molecule is O=C(Oc1ccc(Cl)cc1)Sc1ccc(Cl)cc1. The Balaban J connectivity index is 1.96. The highest BCUT2D eigenvalue weighted by molar-refractivity contribution is 8.13. The second kappa shape index (κ2) is 6.14. The van der Waals surface area contributed by atoms with Crippen LogP contribution in [0.15, 0.2) is 53.4 Å². The van der Waals surface area contributed by atoms with E-state index in [1.165, 1.54) is 0 Å². The van der Waals surface area contributed by atoms with E-state index in [0.717, 1.165) is 16.7 Å². The molecule has 0 aliphatic carbocycles. The number of carbonyl (C=O) groups excluding carboxylic acids is 1. The highest BCUT2D eigenvalue weighted by Crippen LogP contribution is 2.24. The molecule has 0 aromatic heterocycles. The Morgan fingerprint density at radius 3 is 1.94 bits per heavy atom. The molecule has 0 unspecified atom stereocenters. The quantitative estimate of drug-likeness (QED) is 0.557. The standard InChI is InChI=1S/C13H8Cl2O2S/c14-9-1-5-11(6-2-9)17-13(16)18-12-7-3-10(15)4-8-12/h1-8H. The highest BCUT2D eigenvalue weighted by atomic mass is 35.5. The van der Waals surface area contributed by atoms with Crippen LogP contribution in [0.2, 0.25) is 10.0 Å². The smallest absolute Gasteiger partial charge is 0.377 e. The molecule has 2 rings (SSSR count). The number of rotatable bonds is 2. The number of hydrogen-bond donors (Lipinski definition) is 0. The van der Waals surface area contributed by atoms with E-state index in [1.807, 2.05) is 0 Å². The van der Waals surface area contributed by atoms with E-state index >= 15 is 0 Å². The van der Waals surface area contributed by atoms with Gasteiger partial charge in [-0.1, -0.05) is 23.2 Å². The van der Waals surface area contributed by atoms with Gasteiger partial charge in [-0.05, 0) is 60.3 Å². The largest absolute Gasteiger partial charge is 0.418 e. The van der Waals surface area contributed by atoms with Crippen LogP contribution in [-0.2, 0) is 0 Å². The summed E-state index contributed by atoms with van der Waals surface area (Å²) in [5.41, 5.74) is 0. The fourth-order valence-corrected chi connectivity index (χ4v) is 2.07. The van der Waals surface area contributed by atoms with E-state index in [9.17, 15) is 4.79 Å². The summed E-state index contributed by atoms with van der Waals surface area (Å²) in [6, 6.07) is 13.6. The molecule has 92 valence electrons. The van der Waals surface area contributed by atoms with Crippen LogP contribution >= 0.6 is 35.0 Å². The molecule has 0 amide bonds. The lowest BCUT2D eigenvalue weighted by atomic mass is 10.3. The number of ether oxygens (including phenoxy) is 1. The first-order valence-corrected chi connectivity index (χ1v) is 6.61. The van der Waals surface area contributed by atoms with Gasteiger partial charge in [-0.15, -0.1) is 0 Å². The Hall–Kier alpha value is -1.16. The van der Waals surface area contributed by atoms with Gasteiger partial charge in [0, 0.05) is 14.9 Å². The molecule has 0 atom stereocenters. The van der Waals surface area contributed by atoms with Crippen LogP contribution in [0.25, 0.3) is 0 Å². The van der Waals surface area contributed by atoms with Crippen LogP contribution < -0.4 is 4.74 Å². The van der Waals surface area contributed by atoms with Crippen LogP contribution in [0, 0.1) is 0 Å². The Kier molecular flexibility index (Phi) is 4.53. The van der Waals surface area contributed by atoms with Crippen LogP contribution in [0.5, 0.6) is 5.75 Å². The maximum Gasteiger partial charge on any atom is 0.377 e. The summed E-state index contributed by atoms with van der Waals surface area (Å²) in [5.74, 6) is 0.464. The van der Waals surface area contributed by atoms with Gasteiger partial charge in [-0.3, -0.25) is 0 Å². The molecule has 0 heterocycles. The average molecular weight is 299 g/mol. The summed E-state index contributed by atoms with van der Waals surface area (Å²) in [6.45, 7) is 0. The summed E-state index contributed by atoms with van der Waals surface area (Å²) in [6.07, 6.45) is 0. The third kappa shape index (κ3) is 3.95. The molecule has 0 aliphatic heterocycles. The van der Waals surface area contributed by atoms with Crippen LogP contribution in [0.3, 0.4) is 0 Å². The van der Waals surface area contributed by atoms with Crippen molar-refractivity contribution in [2.45, 2.75) is 4.90 Å². The first kappa shape index (κ1) is 13.3. The van der Waals surface area contributed by atoms with E-state index in [4.69, 9.17) is 27.9 Å². The normalized spacial score (nSPS) is 10.1. The van der Waals surface area contributed by atoms with Crippen LogP contribution in [0.4, 0.5) is 4.79 Å². The van der Waals surface area contributed by atoms with E-state index < -0.39 is 5.30 Å². The van der Waals surface area contributed by atoms with Gasteiger partial charge in [0.15, 0.2) is 0 Å². The molecule has 0 N–H and O–H groups in total. The molecular weight excluding hydrogens is 291 g/mol. The number of carbonyl (C=O) groups is 1. The lowest BCUT2D eigenvalue weighted by molar-refractivity contribution is 0.227. The van der Waals surface area contributed by atoms with Gasteiger partial charge in [0.25, 0.3) is 0 Å². The summed E-state index contributed by atoms with van der Waals surface area (Å²) < 4.78 is 5.14. The molecule has 0 saturated heterocycles. The van der Waals surface area contributed by atoms with Crippen molar-refractivity contribution in [2.75, 3.05) is 0 Å². The second-order valence-corrected chi connectivity index (χ2v) is 5.24. The number of thioether (sulfide) groups is 1. The van der Waals surface area contributed by atoms with Crippen molar-refractivity contribution in [2.24, 2.45) is 0 Å². The van der Waals surface area contributed by atoms with Crippen LogP contribution in [0.1, 0.15) is 0 Å². The number of hydrogen-bond acceptors (Lipinski definition) is 3. The topological polar surface area (TPSA) is 26.3 Å². The highest BCUT2D eigenvalue weighted by Gasteiger charge is 2.07. The van der Waals surface area contributed by atoms with Gasteiger partial charge in [-0.2, -0.15) is 0 Å². The Labute approximate surface area is 119 Å². The van der Waals surface area contributed by atoms with Gasteiger partial charge < -0.3 is 4.74 Å². The van der Waals surface area contributed by atoms with Crippen LogP contribution in [-0.4, -0.2) is 5.30 Å². The third-order valence-electron chi connectivity index (χ3n) is 2.03. The first-order valence-electron chi connectivity index (χ1n) is 5.04. The number of halogens is 2. The maximum atomic E-state index is 11.6. The van der Waals surface area contributed by atoms with E-state index in [0.29, 0.717) is 15.8 Å². The van der Waals surface area contributed by atoms with Crippen molar-refractivity contribution >= 4 is 40.3 Å². The van der Waals surface area contributed by atoms with Gasteiger partial charge in [-0.25, -0.2) is 4.79 Å². The molecule has 0 radical (unpaired) electrons. The Morgan fingerprint density at radius 1 is 0.889 bits per heavy atom. The third-order valence-corrected chi connectivity index (χ3v) is 3.29. The van der Waals surface area contributed by atoms with Crippen molar-refractivity contribution in [3.8, 4) is 5.75 Å². The predicted octanol–water partition coefficient (Wildman–Crippen LogP) is 5.28. The van der Waals surface area contributed by atoms with Gasteiger partial charge in [0.1, 0.15) is 5.75 Å². The Bertz CT molecular complexity index is 488. The minimum absolute atomic E-state index is 0.403. The monoisotopic (exact) mass is 298 g/mol. The zero-order valence-corrected chi connectivity index (χ0v) is 11.4. The van der Waals surface area contributed by atoms with Gasteiger partial charge in [0.05, 0.1) is 0 Å². The minimum atomic E-state index is -0.403. The van der Waals surface area contributed by atoms with Crippen molar-refractivity contribution < 1.29 is 9.53 Å².